The SMILES string of the molecule is NCCCCc1cccnc1Br. The van der Waals surface area contributed by atoms with E-state index in [2.05, 4.69) is 27.0 Å². The van der Waals surface area contributed by atoms with E-state index in [1.165, 1.54) is 5.56 Å². The minimum Gasteiger partial charge on any atom is -0.330 e. The first kappa shape index (κ1) is 9.68. The molecule has 1 rings (SSSR count). The lowest BCUT2D eigenvalue weighted by atomic mass is 10.1. The Kier molecular flexibility index (Phi) is 4.25. The van der Waals surface area contributed by atoms with Crippen LogP contribution in [0.15, 0.2) is 22.9 Å². The molecule has 2 nitrogen and oxygen atoms in total. The molecule has 0 aliphatic rings. The Morgan fingerprint density at radius 3 is 2.92 bits per heavy atom. The van der Waals surface area contributed by atoms with Gasteiger partial charge in [0.2, 0.25) is 0 Å². The van der Waals surface area contributed by atoms with Crippen LogP contribution < -0.4 is 5.73 Å². The summed E-state index contributed by atoms with van der Waals surface area (Å²) < 4.78 is 0.960. The fourth-order valence-electron chi connectivity index (χ4n) is 1.07. The van der Waals surface area contributed by atoms with Gasteiger partial charge in [-0.2, -0.15) is 0 Å². The highest BCUT2D eigenvalue weighted by atomic mass is 79.9. The first-order chi connectivity index (χ1) is 5.84. The zero-order valence-corrected chi connectivity index (χ0v) is 8.55. The molecule has 1 heterocycles. The van der Waals surface area contributed by atoms with Crippen LogP contribution in [0.3, 0.4) is 0 Å². The van der Waals surface area contributed by atoms with Gasteiger partial charge in [0.15, 0.2) is 0 Å². The van der Waals surface area contributed by atoms with Gasteiger partial charge in [-0.05, 0) is 53.4 Å². The Bertz CT molecular complexity index is 238. The molecule has 1 aromatic heterocycles. The van der Waals surface area contributed by atoms with E-state index in [1.807, 2.05) is 6.07 Å². The van der Waals surface area contributed by atoms with Gasteiger partial charge in [-0.3, -0.25) is 0 Å². The summed E-state index contributed by atoms with van der Waals surface area (Å²) >= 11 is 3.41. The van der Waals surface area contributed by atoms with Crippen LogP contribution in [-0.2, 0) is 6.42 Å². The Morgan fingerprint density at radius 2 is 2.25 bits per heavy atom. The number of halogens is 1. The average Bonchev–Trinajstić information content (AvgIpc) is 2.09. The van der Waals surface area contributed by atoms with E-state index in [9.17, 15) is 0 Å². The minimum absolute atomic E-state index is 0.776. The molecule has 0 amide bonds. The van der Waals surface area contributed by atoms with Crippen molar-refractivity contribution < 1.29 is 0 Å². The lowest BCUT2D eigenvalue weighted by Crippen LogP contribution is -1.99. The van der Waals surface area contributed by atoms with Gasteiger partial charge < -0.3 is 5.73 Å². The number of aryl methyl sites for hydroxylation is 1. The van der Waals surface area contributed by atoms with Crippen molar-refractivity contribution in [2.45, 2.75) is 19.3 Å². The van der Waals surface area contributed by atoms with E-state index in [4.69, 9.17) is 5.73 Å². The van der Waals surface area contributed by atoms with Gasteiger partial charge >= 0.3 is 0 Å². The molecule has 0 aromatic carbocycles. The number of hydrogen-bond donors (Lipinski definition) is 1. The van der Waals surface area contributed by atoms with Crippen LogP contribution in [0, 0.1) is 0 Å². The maximum absolute atomic E-state index is 5.40. The van der Waals surface area contributed by atoms with Crippen molar-refractivity contribution in [1.82, 2.24) is 4.98 Å². The Balaban J connectivity index is 2.46. The molecular weight excluding hydrogens is 216 g/mol. The summed E-state index contributed by atoms with van der Waals surface area (Å²) in [5, 5.41) is 0. The van der Waals surface area contributed by atoms with Gasteiger partial charge in [-0.1, -0.05) is 6.07 Å². The second-order valence-corrected chi connectivity index (χ2v) is 3.45. The van der Waals surface area contributed by atoms with Crippen LogP contribution in [0.25, 0.3) is 0 Å². The summed E-state index contributed by atoms with van der Waals surface area (Å²) in [6.45, 7) is 0.776. The molecule has 0 aliphatic carbocycles. The highest BCUT2D eigenvalue weighted by Gasteiger charge is 1.97. The van der Waals surface area contributed by atoms with Gasteiger partial charge in [0.25, 0.3) is 0 Å². The normalized spacial score (nSPS) is 10.2. The average molecular weight is 229 g/mol. The second kappa shape index (κ2) is 5.27. The van der Waals surface area contributed by atoms with E-state index in [1.54, 1.807) is 6.20 Å². The lowest BCUT2D eigenvalue weighted by molar-refractivity contribution is 0.741. The summed E-state index contributed by atoms with van der Waals surface area (Å²) in [6, 6.07) is 4.05. The van der Waals surface area contributed by atoms with Crippen LogP contribution in [0.1, 0.15) is 18.4 Å². The number of unbranched alkanes of at least 4 members (excludes halogenated alkanes) is 1. The topological polar surface area (TPSA) is 38.9 Å². The Hall–Kier alpha value is -0.410. The van der Waals surface area contributed by atoms with Crippen molar-refractivity contribution in [2.75, 3.05) is 6.54 Å². The smallest absolute Gasteiger partial charge is 0.109 e. The molecule has 66 valence electrons. The summed E-state index contributed by atoms with van der Waals surface area (Å²) in [5.74, 6) is 0. The van der Waals surface area contributed by atoms with E-state index in [0.29, 0.717) is 0 Å². The molecule has 0 fully saturated rings. The van der Waals surface area contributed by atoms with Crippen molar-refractivity contribution in [2.24, 2.45) is 5.73 Å². The molecule has 1 aromatic rings. The number of nitrogens with zero attached hydrogens (tertiary/aromatic N) is 1. The molecule has 3 heteroatoms. The van der Waals surface area contributed by atoms with Gasteiger partial charge in [-0.15, -0.1) is 0 Å². The molecule has 0 unspecified atom stereocenters. The number of nitrogens with two attached hydrogens (primary N) is 1. The number of pyridine rings is 1. The zero-order chi connectivity index (χ0) is 8.81. The molecule has 0 bridgehead atoms. The third-order valence-corrected chi connectivity index (χ3v) is 2.45. The predicted octanol–water partition coefficient (Wildman–Crippen LogP) is 2.13. The van der Waals surface area contributed by atoms with Gasteiger partial charge in [0.1, 0.15) is 4.60 Å². The third kappa shape index (κ3) is 2.91. The van der Waals surface area contributed by atoms with Gasteiger partial charge in [0.05, 0.1) is 0 Å². The molecule has 0 saturated carbocycles. The van der Waals surface area contributed by atoms with Gasteiger partial charge in [-0.25, -0.2) is 4.98 Å². The van der Waals surface area contributed by atoms with E-state index >= 15 is 0 Å². The van der Waals surface area contributed by atoms with E-state index < -0.39 is 0 Å². The quantitative estimate of drug-likeness (QED) is 0.634. The largest absolute Gasteiger partial charge is 0.330 e. The monoisotopic (exact) mass is 228 g/mol. The Labute approximate surface area is 81.3 Å². The van der Waals surface area contributed by atoms with Crippen molar-refractivity contribution in [1.29, 1.82) is 0 Å². The zero-order valence-electron chi connectivity index (χ0n) is 6.96. The minimum atomic E-state index is 0.776. The van der Waals surface area contributed by atoms with Crippen LogP contribution in [0.4, 0.5) is 0 Å². The highest BCUT2D eigenvalue weighted by molar-refractivity contribution is 9.10. The summed E-state index contributed by atoms with van der Waals surface area (Å²) in [6.07, 6.45) is 5.07. The molecule has 0 aliphatic heterocycles. The maximum atomic E-state index is 5.40. The first-order valence-electron chi connectivity index (χ1n) is 4.14. The predicted molar refractivity (Wildman–Crippen MR) is 53.9 cm³/mol. The van der Waals surface area contributed by atoms with Crippen LogP contribution >= 0.6 is 15.9 Å². The molecule has 0 saturated heterocycles. The van der Waals surface area contributed by atoms with Crippen molar-refractivity contribution in [3.8, 4) is 0 Å². The van der Waals surface area contributed by atoms with Crippen LogP contribution in [0.5, 0.6) is 0 Å². The fourth-order valence-corrected chi connectivity index (χ4v) is 1.51. The van der Waals surface area contributed by atoms with Crippen LogP contribution in [-0.4, -0.2) is 11.5 Å². The lowest BCUT2D eigenvalue weighted by Gasteiger charge is -2.01. The van der Waals surface area contributed by atoms with Gasteiger partial charge in [0, 0.05) is 6.20 Å². The van der Waals surface area contributed by atoms with Crippen LogP contribution in [0.2, 0.25) is 0 Å². The van der Waals surface area contributed by atoms with E-state index in [-0.39, 0.29) is 0 Å². The van der Waals surface area contributed by atoms with Crippen molar-refractivity contribution >= 4 is 15.9 Å². The number of rotatable bonds is 4. The molecule has 2 N–H and O–H groups in total. The molecule has 0 atom stereocenters. The number of aromatic nitrogens is 1. The van der Waals surface area contributed by atoms with Crippen molar-refractivity contribution in [3.63, 3.8) is 0 Å². The third-order valence-electron chi connectivity index (χ3n) is 1.74. The summed E-state index contributed by atoms with van der Waals surface area (Å²) in [7, 11) is 0. The standard InChI is InChI=1S/C9H13BrN2/c10-9-8(4-1-2-6-11)5-3-7-12-9/h3,5,7H,1-2,4,6,11H2. The summed E-state index contributed by atoms with van der Waals surface area (Å²) in [4.78, 5) is 4.14. The maximum Gasteiger partial charge on any atom is 0.109 e. The first-order valence-corrected chi connectivity index (χ1v) is 4.93. The molecule has 12 heavy (non-hydrogen) atoms. The summed E-state index contributed by atoms with van der Waals surface area (Å²) in [5.41, 5.74) is 6.67. The molecular formula is C9H13BrN2. The van der Waals surface area contributed by atoms with E-state index in [0.717, 1.165) is 30.4 Å². The fraction of sp³-hybridized carbons (Fsp3) is 0.444. The Morgan fingerprint density at radius 1 is 1.42 bits per heavy atom. The highest BCUT2D eigenvalue weighted by Crippen LogP contribution is 2.14. The second-order valence-electron chi connectivity index (χ2n) is 2.70. The molecule has 0 radical (unpaired) electrons. The number of hydrogen-bond acceptors (Lipinski definition) is 2. The molecule has 0 spiro atoms. The van der Waals surface area contributed by atoms with Crippen molar-refractivity contribution in [3.05, 3.63) is 28.5 Å².